The molecule has 1 unspecified atom stereocenters. The first-order valence-corrected chi connectivity index (χ1v) is 6.57. The standard InChI is InChI=1S/C15H20N2O3/c1-8-12-7-11(19-4)5-6-13(12)20-14(8)10(3)17-15(18)9(2)16/h5-7,9-10H,16H2,1-4H3,(H,17,18)/t9-,10?/m1/s1. The van der Waals surface area contributed by atoms with E-state index in [0.29, 0.717) is 0 Å². The molecule has 1 heterocycles. The van der Waals surface area contributed by atoms with Crippen molar-refractivity contribution in [3.63, 3.8) is 0 Å². The maximum atomic E-state index is 11.7. The molecule has 3 N–H and O–H groups in total. The average molecular weight is 276 g/mol. The third kappa shape index (κ3) is 2.63. The topological polar surface area (TPSA) is 77.5 Å². The van der Waals surface area contributed by atoms with Gasteiger partial charge < -0.3 is 20.2 Å². The third-order valence-corrected chi connectivity index (χ3v) is 3.35. The second-order valence-electron chi connectivity index (χ2n) is 4.97. The fourth-order valence-electron chi connectivity index (χ4n) is 2.17. The summed E-state index contributed by atoms with van der Waals surface area (Å²) in [7, 11) is 1.63. The first-order valence-electron chi connectivity index (χ1n) is 6.57. The molecule has 0 radical (unpaired) electrons. The number of fused-ring (bicyclic) bond motifs is 1. The second-order valence-corrected chi connectivity index (χ2v) is 4.97. The maximum absolute atomic E-state index is 11.7. The van der Waals surface area contributed by atoms with Crippen molar-refractivity contribution < 1.29 is 13.9 Å². The number of carbonyl (C=O) groups is 1. The van der Waals surface area contributed by atoms with Gasteiger partial charge in [-0.3, -0.25) is 4.79 Å². The highest BCUT2D eigenvalue weighted by molar-refractivity contribution is 5.84. The van der Waals surface area contributed by atoms with Gasteiger partial charge >= 0.3 is 0 Å². The van der Waals surface area contributed by atoms with Gasteiger partial charge in [-0.05, 0) is 39.0 Å². The van der Waals surface area contributed by atoms with Gasteiger partial charge in [-0.2, -0.15) is 0 Å². The lowest BCUT2D eigenvalue weighted by molar-refractivity contribution is -0.122. The summed E-state index contributed by atoms with van der Waals surface area (Å²) in [6.07, 6.45) is 0. The lowest BCUT2D eigenvalue weighted by Gasteiger charge is -2.14. The van der Waals surface area contributed by atoms with Gasteiger partial charge in [0.2, 0.25) is 5.91 Å². The van der Waals surface area contributed by atoms with Crippen LogP contribution >= 0.6 is 0 Å². The Morgan fingerprint density at radius 1 is 1.40 bits per heavy atom. The van der Waals surface area contributed by atoms with Crippen LogP contribution in [0.3, 0.4) is 0 Å². The fourth-order valence-corrected chi connectivity index (χ4v) is 2.17. The van der Waals surface area contributed by atoms with Crippen molar-refractivity contribution in [2.45, 2.75) is 32.9 Å². The van der Waals surface area contributed by atoms with E-state index in [1.54, 1.807) is 14.0 Å². The Hall–Kier alpha value is -2.01. The summed E-state index contributed by atoms with van der Waals surface area (Å²) in [6, 6.07) is 4.87. The number of furan rings is 1. The Morgan fingerprint density at radius 2 is 2.10 bits per heavy atom. The summed E-state index contributed by atoms with van der Waals surface area (Å²) < 4.78 is 11.0. The van der Waals surface area contributed by atoms with Crippen molar-refractivity contribution in [2.24, 2.45) is 5.73 Å². The molecule has 0 saturated carbocycles. The van der Waals surface area contributed by atoms with Gasteiger partial charge in [0.1, 0.15) is 17.1 Å². The zero-order chi connectivity index (χ0) is 14.9. The molecule has 108 valence electrons. The molecule has 0 aliphatic heterocycles. The van der Waals surface area contributed by atoms with Crippen molar-refractivity contribution in [3.8, 4) is 5.75 Å². The Morgan fingerprint density at radius 3 is 2.70 bits per heavy atom. The number of methoxy groups -OCH3 is 1. The summed E-state index contributed by atoms with van der Waals surface area (Å²) in [4.78, 5) is 11.7. The Labute approximate surface area is 118 Å². The van der Waals surface area contributed by atoms with Crippen molar-refractivity contribution >= 4 is 16.9 Å². The first kappa shape index (κ1) is 14.4. The molecular formula is C15H20N2O3. The summed E-state index contributed by atoms with van der Waals surface area (Å²) in [6.45, 7) is 5.50. The number of nitrogens with one attached hydrogen (secondary N) is 1. The van der Waals surface area contributed by atoms with Gasteiger partial charge in [0.25, 0.3) is 0 Å². The first-order chi connectivity index (χ1) is 9.43. The smallest absolute Gasteiger partial charge is 0.237 e. The number of hydrogen-bond acceptors (Lipinski definition) is 4. The molecule has 2 atom stereocenters. The minimum absolute atomic E-state index is 0.199. The zero-order valence-electron chi connectivity index (χ0n) is 12.2. The highest BCUT2D eigenvalue weighted by atomic mass is 16.5. The van der Waals surface area contributed by atoms with E-state index in [1.807, 2.05) is 32.0 Å². The van der Waals surface area contributed by atoms with Crippen LogP contribution in [-0.2, 0) is 4.79 Å². The molecule has 2 rings (SSSR count). The molecule has 5 heteroatoms. The van der Waals surface area contributed by atoms with E-state index in [0.717, 1.165) is 28.0 Å². The van der Waals surface area contributed by atoms with E-state index < -0.39 is 6.04 Å². The van der Waals surface area contributed by atoms with Crippen molar-refractivity contribution in [2.75, 3.05) is 7.11 Å². The van der Waals surface area contributed by atoms with E-state index in [9.17, 15) is 4.79 Å². The molecule has 0 bridgehead atoms. The Bertz CT molecular complexity index is 631. The van der Waals surface area contributed by atoms with Crippen LogP contribution in [0.4, 0.5) is 0 Å². The van der Waals surface area contributed by atoms with Gasteiger partial charge in [0.05, 0.1) is 19.2 Å². The van der Waals surface area contributed by atoms with Crippen LogP contribution in [-0.4, -0.2) is 19.1 Å². The van der Waals surface area contributed by atoms with Gasteiger partial charge in [-0.15, -0.1) is 0 Å². The Balaban J connectivity index is 2.35. The number of aryl methyl sites for hydroxylation is 1. The molecule has 5 nitrogen and oxygen atoms in total. The largest absolute Gasteiger partial charge is 0.497 e. The summed E-state index contributed by atoms with van der Waals surface area (Å²) >= 11 is 0. The highest BCUT2D eigenvalue weighted by Crippen LogP contribution is 2.31. The van der Waals surface area contributed by atoms with Gasteiger partial charge in [-0.25, -0.2) is 0 Å². The van der Waals surface area contributed by atoms with Crippen molar-refractivity contribution in [3.05, 3.63) is 29.5 Å². The number of carbonyl (C=O) groups excluding carboxylic acids is 1. The number of hydrogen-bond donors (Lipinski definition) is 2. The van der Waals surface area contributed by atoms with Crippen LogP contribution in [0.5, 0.6) is 5.75 Å². The van der Waals surface area contributed by atoms with E-state index >= 15 is 0 Å². The van der Waals surface area contributed by atoms with E-state index in [4.69, 9.17) is 14.9 Å². The summed E-state index contributed by atoms with van der Waals surface area (Å²) in [5, 5.41) is 3.82. The molecule has 0 aliphatic rings. The molecule has 0 spiro atoms. The molecule has 1 aromatic heterocycles. The van der Waals surface area contributed by atoms with Crippen LogP contribution < -0.4 is 15.8 Å². The van der Waals surface area contributed by atoms with Crippen LogP contribution in [0.1, 0.15) is 31.2 Å². The van der Waals surface area contributed by atoms with Crippen molar-refractivity contribution in [1.29, 1.82) is 0 Å². The van der Waals surface area contributed by atoms with E-state index in [2.05, 4.69) is 5.32 Å². The fraction of sp³-hybridized carbons (Fsp3) is 0.400. The lowest BCUT2D eigenvalue weighted by atomic mass is 10.1. The third-order valence-electron chi connectivity index (χ3n) is 3.35. The number of nitrogens with two attached hydrogens (primary N) is 1. The van der Waals surface area contributed by atoms with E-state index in [-0.39, 0.29) is 11.9 Å². The van der Waals surface area contributed by atoms with Gasteiger partial charge in [0, 0.05) is 10.9 Å². The average Bonchev–Trinajstić information content (AvgIpc) is 2.75. The van der Waals surface area contributed by atoms with Crippen LogP contribution in [0.25, 0.3) is 11.0 Å². The van der Waals surface area contributed by atoms with E-state index in [1.165, 1.54) is 0 Å². The maximum Gasteiger partial charge on any atom is 0.237 e. The van der Waals surface area contributed by atoms with Crippen LogP contribution in [0.2, 0.25) is 0 Å². The molecular weight excluding hydrogens is 256 g/mol. The van der Waals surface area contributed by atoms with Crippen LogP contribution in [0, 0.1) is 6.92 Å². The van der Waals surface area contributed by atoms with Gasteiger partial charge in [-0.1, -0.05) is 0 Å². The molecule has 1 amide bonds. The zero-order valence-corrected chi connectivity index (χ0v) is 12.2. The van der Waals surface area contributed by atoms with Crippen LogP contribution in [0.15, 0.2) is 22.6 Å². The number of rotatable bonds is 4. The number of ether oxygens (including phenoxy) is 1. The molecule has 0 aliphatic carbocycles. The predicted octanol–water partition coefficient (Wildman–Crippen LogP) is 2.27. The number of amides is 1. The normalized spacial score (nSPS) is 14.1. The highest BCUT2D eigenvalue weighted by Gasteiger charge is 2.19. The van der Waals surface area contributed by atoms with Gasteiger partial charge in [0.15, 0.2) is 0 Å². The quantitative estimate of drug-likeness (QED) is 0.898. The SMILES string of the molecule is COc1ccc2oc(C(C)NC(=O)[C@@H](C)N)c(C)c2c1. The molecule has 1 aromatic carbocycles. The predicted molar refractivity (Wildman–Crippen MR) is 77.7 cm³/mol. The molecule has 0 fully saturated rings. The molecule has 0 saturated heterocycles. The molecule has 20 heavy (non-hydrogen) atoms. The Kier molecular flexibility index (Phi) is 3.99. The monoisotopic (exact) mass is 276 g/mol. The minimum Gasteiger partial charge on any atom is -0.497 e. The second kappa shape index (κ2) is 5.54. The van der Waals surface area contributed by atoms with Crippen molar-refractivity contribution in [1.82, 2.24) is 5.32 Å². The number of benzene rings is 1. The minimum atomic E-state index is -0.540. The molecule has 2 aromatic rings. The summed E-state index contributed by atoms with van der Waals surface area (Å²) in [5.41, 5.74) is 7.33. The summed E-state index contributed by atoms with van der Waals surface area (Å²) in [5.74, 6) is 1.32. The lowest BCUT2D eigenvalue weighted by Crippen LogP contribution is -2.39.